The van der Waals surface area contributed by atoms with Gasteiger partial charge in [0.15, 0.2) is 5.82 Å². The van der Waals surface area contributed by atoms with Crippen LogP contribution in [0.15, 0.2) is 12.1 Å². The number of halogens is 2. The number of anilines is 1. The summed E-state index contributed by atoms with van der Waals surface area (Å²) >= 11 is 0. The van der Waals surface area contributed by atoms with Crippen molar-refractivity contribution in [2.75, 3.05) is 5.32 Å². The van der Waals surface area contributed by atoms with E-state index in [4.69, 9.17) is 0 Å². The van der Waals surface area contributed by atoms with Gasteiger partial charge < -0.3 is 5.32 Å². The van der Waals surface area contributed by atoms with E-state index in [0.29, 0.717) is 6.07 Å². The molecule has 0 heterocycles. The van der Waals surface area contributed by atoms with Crippen molar-refractivity contribution < 1.29 is 13.7 Å². The second-order valence-corrected chi connectivity index (χ2v) is 4.23. The fourth-order valence-corrected chi connectivity index (χ4v) is 1.68. The van der Waals surface area contributed by atoms with E-state index in [0.717, 1.165) is 25.3 Å². The maximum Gasteiger partial charge on any atom is 0.298 e. The third kappa shape index (κ3) is 3.65. The van der Waals surface area contributed by atoms with Gasteiger partial charge in [0.1, 0.15) is 11.5 Å². The zero-order valence-electron chi connectivity index (χ0n) is 10.4. The first kappa shape index (κ1) is 14.3. The number of rotatable bonds is 6. The molecule has 0 aliphatic heterocycles. The summed E-state index contributed by atoms with van der Waals surface area (Å²) < 4.78 is 26.5. The summed E-state index contributed by atoms with van der Waals surface area (Å²) in [5.41, 5.74) is -0.819. The summed E-state index contributed by atoms with van der Waals surface area (Å²) in [5, 5.41) is 13.5. The zero-order chi connectivity index (χ0) is 13.7. The average Bonchev–Trinajstić information content (AvgIpc) is 2.29. The Kier molecular flexibility index (Phi) is 5.00. The number of nitrogens with zero attached hydrogens (tertiary/aromatic N) is 1. The maximum absolute atomic E-state index is 13.5. The lowest BCUT2D eigenvalue weighted by Gasteiger charge is -2.15. The topological polar surface area (TPSA) is 55.2 Å². The molecule has 0 spiro atoms. The summed E-state index contributed by atoms with van der Waals surface area (Å²) in [7, 11) is 0. The van der Waals surface area contributed by atoms with Crippen molar-refractivity contribution in [1.82, 2.24) is 0 Å². The highest BCUT2D eigenvalue weighted by Crippen LogP contribution is 2.29. The van der Waals surface area contributed by atoms with Crippen LogP contribution in [0.2, 0.25) is 0 Å². The van der Waals surface area contributed by atoms with Crippen LogP contribution in [-0.2, 0) is 0 Å². The Balaban J connectivity index is 2.96. The van der Waals surface area contributed by atoms with Crippen LogP contribution in [0.5, 0.6) is 0 Å². The third-order valence-electron chi connectivity index (χ3n) is 2.61. The van der Waals surface area contributed by atoms with Crippen LogP contribution in [0.1, 0.15) is 33.1 Å². The monoisotopic (exact) mass is 258 g/mol. The van der Waals surface area contributed by atoms with Gasteiger partial charge in [-0.2, -0.15) is 0 Å². The van der Waals surface area contributed by atoms with Gasteiger partial charge in [0.05, 0.1) is 11.0 Å². The predicted octanol–water partition coefficient (Wildman–Crippen LogP) is 3.86. The molecule has 0 amide bonds. The molecular formula is C12H16F2N2O2. The number of nitrogens with one attached hydrogen (secondary N) is 1. The number of hydrogen-bond acceptors (Lipinski definition) is 3. The molecular weight excluding hydrogens is 242 g/mol. The molecule has 1 atom stereocenters. The Morgan fingerprint density at radius 2 is 2.11 bits per heavy atom. The van der Waals surface area contributed by atoms with Gasteiger partial charge in [0.25, 0.3) is 5.69 Å². The van der Waals surface area contributed by atoms with Crippen LogP contribution in [0.4, 0.5) is 20.2 Å². The van der Waals surface area contributed by atoms with E-state index in [1.54, 1.807) is 0 Å². The number of unbranched alkanes of at least 4 members (excludes halogenated alkanes) is 1. The molecule has 18 heavy (non-hydrogen) atoms. The molecule has 0 aliphatic rings. The molecule has 1 rings (SSSR count). The molecule has 0 bridgehead atoms. The summed E-state index contributed by atoms with van der Waals surface area (Å²) in [6.07, 6.45) is 2.69. The van der Waals surface area contributed by atoms with Gasteiger partial charge in [-0.3, -0.25) is 10.1 Å². The van der Waals surface area contributed by atoms with E-state index >= 15 is 0 Å². The molecule has 0 radical (unpaired) electrons. The average molecular weight is 258 g/mol. The lowest BCUT2D eigenvalue weighted by atomic mass is 10.1. The molecule has 0 aromatic heterocycles. The van der Waals surface area contributed by atoms with Gasteiger partial charge in [-0.1, -0.05) is 19.8 Å². The van der Waals surface area contributed by atoms with Gasteiger partial charge in [-0.25, -0.2) is 8.78 Å². The summed E-state index contributed by atoms with van der Waals surface area (Å²) in [6, 6.07) is 1.25. The van der Waals surface area contributed by atoms with E-state index in [9.17, 15) is 18.9 Å². The van der Waals surface area contributed by atoms with Crippen molar-refractivity contribution in [1.29, 1.82) is 0 Å². The molecule has 0 saturated heterocycles. The quantitative estimate of drug-likeness (QED) is 0.622. The van der Waals surface area contributed by atoms with Crippen LogP contribution in [0, 0.1) is 21.7 Å². The van der Waals surface area contributed by atoms with Gasteiger partial charge in [0.2, 0.25) is 0 Å². The smallest absolute Gasteiger partial charge is 0.298 e. The fraction of sp³-hybridized carbons (Fsp3) is 0.500. The van der Waals surface area contributed by atoms with E-state index in [-0.39, 0.29) is 11.7 Å². The number of hydrogen-bond donors (Lipinski definition) is 1. The molecule has 0 aliphatic carbocycles. The standard InChI is InChI=1S/C12H16F2N2O2/c1-3-4-5-8(2)15-12-10(14)6-9(13)7-11(12)16(17)18/h6-8,15H,3-5H2,1-2H3. The second kappa shape index (κ2) is 6.28. The SMILES string of the molecule is CCCCC(C)Nc1c(F)cc(F)cc1[N+](=O)[O-]. The molecule has 0 fully saturated rings. The van der Waals surface area contributed by atoms with Gasteiger partial charge in [-0.15, -0.1) is 0 Å². The van der Waals surface area contributed by atoms with E-state index in [1.165, 1.54) is 0 Å². The minimum atomic E-state index is -0.953. The molecule has 1 N–H and O–H groups in total. The van der Waals surface area contributed by atoms with Crippen LogP contribution >= 0.6 is 0 Å². The predicted molar refractivity (Wildman–Crippen MR) is 65.6 cm³/mol. The van der Waals surface area contributed by atoms with Crippen LogP contribution in [0.3, 0.4) is 0 Å². The Labute approximate surface area is 104 Å². The summed E-state index contributed by atoms with van der Waals surface area (Å²) in [6.45, 7) is 3.83. The van der Waals surface area contributed by atoms with E-state index in [2.05, 4.69) is 5.32 Å². The van der Waals surface area contributed by atoms with Crippen LogP contribution < -0.4 is 5.32 Å². The minimum absolute atomic E-state index is 0.108. The third-order valence-corrected chi connectivity index (χ3v) is 2.61. The van der Waals surface area contributed by atoms with Crippen LogP contribution in [-0.4, -0.2) is 11.0 Å². The molecule has 100 valence electrons. The molecule has 1 aromatic rings. The summed E-state index contributed by atoms with van der Waals surface area (Å²) in [4.78, 5) is 9.96. The van der Waals surface area contributed by atoms with Crippen LogP contribution in [0.25, 0.3) is 0 Å². The molecule has 4 nitrogen and oxygen atoms in total. The largest absolute Gasteiger partial charge is 0.375 e. The fourth-order valence-electron chi connectivity index (χ4n) is 1.68. The minimum Gasteiger partial charge on any atom is -0.375 e. The highest BCUT2D eigenvalue weighted by molar-refractivity contribution is 5.62. The van der Waals surface area contributed by atoms with Gasteiger partial charge in [0, 0.05) is 12.1 Å². The van der Waals surface area contributed by atoms with Crippen molar-refractivity contribution in [3.63, 3.8) is 0 Å². The number of benzene rings is 1. The van der Waals surface area contributed by atoms with E-state index in [1.807, 2.05) is 13.8 Å². The Morgan fingerprint density at radius 3 is 2.67 bits per heavy atom. The highest BCUT2D eigenvalue weighted by Gasteiger charge is 2.21. The first-order valence-electron chi connectivity index (χ1n) is 5.85. The van der Waals surface area contributed by atoms with E-state index < -0.39 is 22.2 Å². The Hall–Kier alpha value is -1.72. The Bertz CT molecular complexity index is 438. The van der Waals surface area contributed by atoms with Gasteiger partial charge in [-0.05, 0) is 13.3 Å². The second-order valence-electron chi connectivity index (χ2n) is 4.23. The van der Waals surface area contributed by atoms with Crippen molar-refractivity contribution in [3.05, 3.63) is 33.9 Å². The highest BCUT2D eigenvalue weighted by atomic mass is 19.1. The molecule has 1 aromatic carbocycles. The zero-order valence-corrected chi connectivity index (χ0v) is 10.4. The lowest BCUT2D eigenvalue weighted by Crippen LogP contribution is -2.17. The van der Waals surface area contributed by atoms with Crippen molar-refractivity contribution in [2.45, 2.75) is 39.2 Å². The molecule has 1 unspecified atom stereocenters. The normalized spacial score (nSPS) is 12.2. The first-order valence-corrected chi connectivity index (χ1v) is 5.85. The number of nitro benzene ring substituents is 1. The summed E-state index contributed by atoms with van der Waals surface area (Å²) in [5.74, 6) is -1.89. The number of nitro groups is 1. The first-order chi connectivity index (χ1) is 8.45. The molecule has 0 saturated carbocycles. The van der Waals surface area contributed by atoms with Crippen molar-refractivity contribution in [2.24, 2.45) is 0 Å². The lowest BCUT2D eigenvalue weighted by molar-refractivity contribution is -0.384. The Morgan fingerprint density at radius 1 is 1.44 bits per heavy atom. The van der Waals surface area contributed by atoms with Crippen molar-refractivity contribution in [3.8, 4) is 0 Å². The maximum atomic E-state index is 13.5. The molecule has 6 heteroatoms. The van der Waals surface area contributed by atoms with Gasteiger partial charge >= 0.3 is 0 Å². The van der Waals surface area contributed by atoms with Crippen molar-refractivity contribution >= 4 is 11.4 Å².